The van der Waals surface area contributed by atoms with E-state index in [0.717, 1.165) is 0 Å². The van der Waals surface area contributed by atoms with E-state index in [-0.39, 0.29) is 12.3 Å². The van der Waals surface area contributed by atoms with Gasteiger partial charge < -0.3 is 5.73 Å². The van der Waals surface area contributed by atoms with E-state index in [1.54, 1.807) is 24.3 Å². The molecule has 0 fully saturated rings. The van der Waals surface area contributed by atoms with E-state index in [9.17, 15) is 9.28 Å². The molecule has 2 aromatic rings. The minimum absolute atomic E-state index is 0.103. The number of halogens is 1. The molecule has 0 aliphatic carbocycles. The Balaban J connectivity index is 2.72. The van der Waals surface area contributed by atoms with Crippen LogP contribution >= 0.6 is 0 Å². The average Bonchev–Trinajstić information content (AvgIpc) is 2.56. The van der Waals surface area contributed by atoms with Gasteiger partial charge in [-0.3, -0.25) is 4.79 Å². The van der Waals surface area contributed by atoms with Gasteiger partial charge in [0.15, 0.2) is 5.78 Å². The number of hydrogen-bond acceptors (Lipinski definition) is 2. The Morgan fingerprint density at radius 1 is 1.43 bits per heavy atom. The highest BCUT2D eigenvalue weighted by molar-refractivity contribution is 6.08. The normalized spacial score (nSPS) is 10.7. The molecule has 2 N–H and O–H groups in total. The van der Waals surface area contributed by atoms with E-state index >= 15 is 0 Å². The van der Waals surface area contributed by atoms with Gasteiger partial charge in [0.1, 0.15) is 0 Å². The summed E-state index contributed by atoms with van der Waals surface area (Å²) in [5, 5.41) is 0.602. The number of benzene rings is 1. The monoisotopic (exact) mass is 192 g/mol. The molecule has 0 amide bonds. The van der Waals surface area contributed by atoms with Crippen LogP contribution in [-0.4, -0.2) is 17.1 Å². The fourth-order valence-corrected chi connectivity index (χ4v) is 1.47. The standard InChI is InChI=1S/C10H9FN2O/c11-13-6-8(10(14)5-12)7-3-1-2-4-9(7)13/h1-4,6H,5,12H2. The number of fused-ring (bicyclic) bond motifs is 1. The molecule has 0 aliphatic heterocycles. The SMILES string of the molecule is NCC(=O)c1cn(F)c2ccccc12. The summed E-state index contributed by atoms with van der Waals surface area (Å²) in [4.78, 5) is 11.8. The molecule has 0 bridgehead atoms. The van der Waals surface area contributed by atoms with Crippen molar-refractivity contribution in [2.24, 2.45) is 5.73 Å². The van der Waals surface area contributed by atoms with Gasteiger partial charge in [0, 0.05) is 10.9 Å². The molecule has 0 saturated carbocycles. The molecule has 0 atom stereocenters. The van der Waals surface area contributed by atoms with Gasteiger partial charge in [-0.1, -0.05) is 22.7 Å². The first kappa shape index (κ1) is 8.90. The molecular formula is C10H9FN2O. The number of carbonyl (C=O) groups is 1. The molecule has 1 heterocycles. The fourth-order valence-electron chi connectivity index (χ4n) is 1.47. The summed E-state index contributed by atoms with van der Waals surface area (Å²) in [7, 11) is 0. The predicted octanol–water partition coefficient (Wildman–Crippen LogP) is 1.52. The second-order valence-corrected chi connectivity index (χ2v) is 3.00. The predicted molar refractivity (Wildman–Crippen MR) is 51.8 cm³/mol. The second kappa shape index (κ2) is 3.23. The molecule has 0 spiro atoms. The van der Waals surface area contributed by atoms with E-state index in [1.165, 1.54) is 6.20 Å². The van der Waals surface area contributed by atoms with Crippen LogP contribution in [0.4, 0.5) is 4.48 Å². The van der Waals surface area contributed by atoms with Gasteiger partial charge in [-0.15, -0.1) is 0 Å². The first-order valence-corrected chi connectivity index (χ1v) is 4.23. The van der Waals surface area contributed by atoms with Crippen LogP contribution in [0.15, 0.2) is 30.5 Å². The van der Waals surface area contributed by atoms with Crippen molar-refractivity contribution in [3.05, 3.63) is 36.0 Å². The van der Waals surface area contributed by atoms with Gasteiger partial charge in [-0.25, -0.2) is 0 Å². The van der Waals surface area contributed by atoms with Crippen LogP contribution in [-0.2, 0) is 0 Å². The lowest BCUT2D eigenvalue weighted by molar-refractivity contribution is 0.100. The summed E-state index contributed by atoms with van der Waals surface area (Å²) < 4.78 is 13.2. The molecule has 4 heteroatoms. The maximum Gasteiger partial charge on any atom is 0.178 e. The Hall–Kier alpha value is -1.68. The maximum atomic E-state index is 13.2. The Morgan fingerprint density at radius 2 is 2.14 bits per heavy atom. The summed E-state index contributed by atoms with van der Waals surface area (Å²) >= 11 is 0. The topological polar surface area (TPSA) is 48.0 Å². The summed E-state index contributed by atoms with van der Waals surface area (Å²) in [6.45, 7) is -0.103. The summed E-state index contributed by atoms with van der Waals surface area (Å²) in [5.74, 6) is -0.252. The average molecular weight is 192 g/mol. The van der Waals surface area contributed by atoms with Crippen molar-refractivity contribution in [2.45, 2.75) is 0 Å². The molecule has 1 aromatic heterocycles. The molecule has 0 radical (unpaired) electrons. The number of rotatable bonds is 2. The lowest BCUT2D eigenvalue weighted by atomic mass is 10.1. The molecule has 1 aromatic carbocycles. The highest BCUT2D eigenvalue weighted by Gasteiger charge is 2.12. The van der Waals surface area contributed by atoms with Crippen LogP contribution in [0.2, 0.25) is 0 Å². The van der Waals surface area contributed by atoms with Crippen LogP contribution in [0.25, 0.3) is 10.9 Å². The van der Waals surface area contributed by atoms with E-state index in [0.29, 0.717) is 21.3 Å². The quantitative estimate of drug-likeness (QED) is 0.733. The zero-order chi connectivity index (χ0) is 10.1. The van der Waals surface area contributed by atoms with Crippen LogP contribution in [0, 0.1) is 0 Å². The third-order valence-corrected chi connectivity index (χ3v) is 2.15. The van der Waals surface area contributed by atoms with Gasteiger partial charge in [-0.05, 0) is 6.07 Å². The second-order valence-electron chi connectivity index (χ2n) is 3.00. The van der Waals surface area contributed by atoms with Crippen molar-refractivity contribution in [2.75, 3.05) is 6.54 Å². The Labute approximate surface area is 79.9 Å². The van der Waals surface area contributed by atoms with Crippen molar-refractivity contribution >= 4 is 16.7 Å². The Kier molecular flexibility index (Phi) is 2.05. The largest absolute Gasteiger partial charge is 0.324 e. The van der Waals surface area contributed by atoms with Crippen LogP contribution in [0.1, 0.15) is 10.4 Å². The molecule has 0 unspecified atom stereocenters. The Bertz CT molecular complexity index is 490. The van der Waals surface area contributed by atoms with E-state index in [1.807, 2.05) is 0 Å². The fraction of sp³-hybridized carbons (Fsp3) is 0.100. The van der Waals surface area contributed by atoms with Crippen molar-refractivity contribution in [1.29, 1.82) is 0 Å². The van der Waals surface area contributed by atoms with Gasteiger partial charge in [0.2, 0.25) is 0 Å². The van der Waals surface area contributed by atoms with Crippen LogP contribution in [0.5, 0.6) is 0 Å². The molecule has 14 heavy (non-hydrogen) atoms. The third-order valence-electron chi connectivity index (χ3n) is 2.15. The summed E-state index contributed by atoms with van der Waals surface area (Å²) in [6.07, 6.45) is 1.17. The number of para-hydroxylation sites is 1. The lowest BCUT2D eigenvalue weighted by Gasteiger charge is -1.93. The van der Waals surface area contributed by atoms with E-state index in [2.05, 4.69) is 0 Å². The number of ketones is 1. The zero-order valence-electron chi connectivity index (χ0n) is 7.40. The van der Waals surface area contributed by atoms with E-state index < -0.39 is 0 Å². The minimum Gasteiger partial charge on any atom is -0.324 e. The molecule has 3 nitrogen and oxygen atoms in total. The van der Waals surface area contributed by atoms with Crippen molar-refractivity contribution in [1.82, 2.24) is 4.79 Å². The van der Waals surface area contributed by atoms with Gasteiger partial charge >= 0.3 is 0 Å². The minimum atomic E-state index is -0.252. The first-order valence-electron chi connectivity index (χ1n) is 4.23. The number of nitrogens with zero attached hydrogens (tertiary/aromatic N) is 1. The van der Waals surface area contributed by atoms with Crippen LogP contribution < -0.4 is 5.73 Å². The smallest absolute Gasteiger partial charge is 0.178 e. The van der Waals surface area contributed by atoms with Crippen molar-refractivity contribution < 1.29 is 9.28 Å². The highest BCUT2D eigenvalue weighted by Crippen LogP contribution is 2.21. The first-order chi connectivity index (χ1) is 6.74. The molecule has 2 rings (SSSR count). The molecular weight excluding hydrogens is 183 g/mol. The number of carbonyl (C=O) groups excluding carboxylic acids is 1. The molecule has 0 saturated heterocycles. The number of nitrogens with two attached hydrogens (primary N) is 1. The Morgan fingerprint density at radius 3 is 2.86 bits per heavy atom. The summed E-state index contributed by atoms with van der Waals surface area (Å²) in [6, 6.07) is 6.79. The van der Waals surface area contributed by atoms with E-state index in [4.69, 9.17) is 5.73 Å². The van der Waals surface area contributed by atoms with Gasteiger partial charge in [0.25, 0.3) is 0 Å². The maximum absolute atomic E-state index is 13.2. The number of aromatic nitrogens is 1. The van der Waals surface area contributed by atoms with Crippen molar-refractivity contribution in [3.8, 4) is 0 Å². The molecule has 72 valence electrons. The van der Waals surface area contributed by atoms with Gasteiger partial charge in [-0.2, -0.15) is 4.79 Å². The third kappa shape index (κ3) is 1.20. The number of hydrogen-bond donors (Lipinski definition) is 1. The van der Waals surface area contributed by atoms with Gasteiger partial charge in [0.05, 0.1) is 18.3 Å². The zero-order valence-corrected chi connectivity index (χ0v) is 7.40. The van der Waals surface area contributed by atoms with Crippen LogP contribution in [0.3, 0.4) is 0 Å². The highest BCUT2D eigenvalue weighted by atomic mass is 19.2. The lowest BCUT2D eigenvalue weighted by Crippen LogP contribution is -2.12. The summed E-state index contributed by atoms with van der Waals surface area (Å²) in [5.41, 5.74) is 5.95. The van der Waals surface area contributed by atoms with Crippen molar-refractivity contribution in [3.63, 3.8) is 0 Å². The number of Topliss-reactive ketones (excluding diaryl/α,β-unsaturated/α-hetero) is 1. The molecule has 0 aliphatic rings.